The Morgan fingerprint density at radius 1 is 1.17 bits per heavy atom. The standard InChI is InChI=1S/C13H22N2O2S/c1-4-5-11(2)10-14-12-6-8-13(9-7-12)15-18(3,16)17/h6-9,11,14-15H,4-5,10H2,1-3H3. The average molecular weight is 270 g/mol. The molecule has 1 atom stereocenters. The van der Waals surface area contributed by atoms with Crippen LogP contribution in [0.4, 0.5) is 11.4 Å². The summed E-state index contributed by atoms with van der Waals surface area (Å²) < 4.78 is 24.5. The van der Waals surface area contributed by atoms with Gasteiger partial charge in [-0.15, -0.1) is 0 Å². The maximum absolute atomic E-state index is 11.0. The lowest BCUT2D eigenvalue weighted by Gasteiger charge is -2.13. The van der Waals surface area contributed by atoms with Crippen LogP contribution in [0.1, 0.15) is 26.7 Å². The molecule has 4 nitrogen and oxygen atoms in total. The molecule has 1 unspecified atom stereocenters. The van der Waals surface area contributed by atoms with Crippen LogP contribution >= 0.6 is 0 Å². The number of sulfonamides is 1. The first-order valence-corrected chi connectivity index (χ1v) is 8.11. The molecule has 0 radical (unpaired) electrons. The van der Waals surface area contributed by atoms with Gasteiger partial charge in [-0.3, -0.25) is 4.72 Å². The van der Waals surface area contributed by atoms with Gasteiger partial charge in [0.15, 0.2) is 0 Å². The van der Waals surface area contributed by atoms with Gasteiger partial charge in [0.1, 0.15) is 0 Å². The van der Waals surface area contributed by atoms with E-state index in [4.69, 9.17) is 0 Å². The van der Waals surface area contributed by atoms with Gasteiger partial charge < -0.3 is 5.32 Å². The molecule has 1 aromatic rings. The zero-order chi connectivity index (χ0) is 13.6. The Bertz CT molecular complexity index is 454. The van der Waals surface area contributed by atoms with Crippen molar-refractivity contribution in [2.75, 3.05) is 22.8 Å². The average Bonchev–Trinajstić information content (AvgIpc) is 2.26. The Kier molecular flexibility index (Phi) is 5.47. The number of rotatable bonds is 7. The van der Waals surface area contributed by atoms with Crippen molar-refractivity contribution in [2.24, 2.45) is 5.92 Å². The monoisotopic (exact) mass is 270 g/mol. The van der Waals surface area contributed by atoms with Crippen LogP contribution in [-0.4, -0.2) is 21.2 Å². The van der Waals surface area contributed by atoms with Crippen LogP contribution in [0.5, 0.6) is 0 Å². The Morgan fingerprint density at radius 3 is 2.22 bits per heavy atom. The summed E-state index contributed by atoms with van der Waals surface area (Å²) in [4.78, 5) is 0. The molecule has 0 aliphatic carbocycles. The van der Waals surface area contributed by atoms with Crippen molar-refractivity contribution < 1.29 is 8.42 Å². The molecule has 0 amide bonds. The first-order chi connectivity index (χ1) is 8.40. The third kappa shape index (κ3) is 5.91. The van der Waals surface area contributed by atoms with E-state index in [1.165, 1.54) is 12.8 Å². The van der Waals surface area contributed by atoms with E-state index in [2.05, 4.69) is 23.9 Å². The van der Waals surface area contributed by atoms with Crippen LogP contribution in [0.3, 0.4) is 0 Å². The molecule has 0 aliphatic rings. The quantitative estimate of drug-likeness (QED) is 0.801. The molecule has 0 saturated heterocycles. The number of anilines is 2. The first-order valence-electron chi connectivity index (χ1n) is 6.22. The number of benzene rings is 1. The third-order valence-electron chi connectivity index (χ3n) is 2.62. The highest BCUT2D eigenvalue weighted by molar-refractivity contribution is 7.92. The van der Waals surface area contributed by atoms with Gasteiger partial charge in [-0.25, -0.2) is 8.42 Å². The molecule has 0 aromatic heterocycles. The maximum atomic E-state index is 11.0. The summed E-state index contributed by atoms with van der Waals surface area (Å²) in [6.07, 6.45) is 3.55. The highest BCUT2D eigenvalue weighted by atomic mass is 32.2. The van der Waals surface area contributed by atoms with E-state index in [1.54, 1.807) is 12.1 Å². The highest BCUT2D eigenvalue weighted by Crippen LogP contribution is 2.15. The third-order valence-corrected chi connectivity index (χ3v) is 3.23. The number of hydrogen-bond donors (Lipinski definition) is 2. The van der Waals surface area contributed by atoms with Gasteiger partial charge >= 0.3 is 0 Å². The Balaban J connectivity index is 2.50. The van der Waals surface area contributed by atoms with Crippen molar-refractivity contribution in [3.8, 4) is 0 Å². The molecule has 102 valence electrons. The fourth-order valence-corrected chi connectivity index (χ4v) is 2.32. The lowest BCUT2D eigenvalue weighted by atomic mass is 10.1. The molecule has 1 rings (SSSR count). The SMILES string of the molecule is CCCC(C)CNc1ccc(NS(C)(=O)=O)cc1. The fraction of sp³-hybridized carbons (Fsp3) is 0.538. The number of nitrogens with one attached hydrogen (secondary N) is 2. The van der Waals surface area contributed by atoms with E-state index in [0.717, 1.165) is 18.5 Å². The van der Waals surface area contributed by atoms with Crippen LogP contribution in [-0.2, 0) is 10.0 Å². The zero-order valence-corrected chi connectivity index (χ0v) is 12.0. The van der Waals surface area contributed by atoms with E-state index < -0.39 is 10.0 Å². The van der Waals surface area contributed by atoms with E-state index in [0.29, 0.717) is 11.6 Å². The Labute approximate surface area is 110 Å². The van der Waals surface area contributed by atoms with Crippen LogP contribution in [0.2, 0.25) is 0 Å². The molecule has 0 aliphatic heterocycles. The van der Waals surface area contributed by atoms with Crippen LogP contribution < -0.4 is 10.0 Å². The van der Waals surface area contributed by atoms with Gasteiger partial charge in [-0.05, 0) is 36.6 Å². The topological polar surface area (TPSA) is 58.2 Å². The molecular formula is C13H22N2O2S. The molecule has 0 bridgehead atoms. The van der Waals surface area contributed by atoms with E-state index >= 15 is 0 Å². The van der Waals surface area contributed by atoms with E-state index in [1.807, 2.05) is 12.1 Å². The fourth-order valence-electron chi connectivity index (χ4n) is 1.76. The van der Waals surface area contributed by atoms with Crippen molar-refractivity contribution in [3.63, 3.8) is 0 Å². The van der Waals surface area contributed by atoms with Gasteiger partial charge in [0, 0.05) is 17.9 Å². The molecule has 0 spiro atoms. The lowest BCUT2D eigenvalue weighted by molar-refractivity contribution is 0.551. The van der Waals surface area contributed by atoms with Crippen LogP contribution in [0, 0.1) is 5.92 Å². The predicted molar refractivity (Wildman–Crippen MR) is 77.5 cm³/mol. The molecule has 0 heterocycles. The summed E-state index contributed by atoms with van der Waals surface area (Å²) in [5.41, 5.74) is 1.60. The van der Waals surface area contributed by atoms with Crippen molar-refractivity contribution >= 4 is 21.4 Å². The molecule has 1 aromatic carbocycles. The highest BCUT2D eigenvalue weighted by Gasteiger charge is 2.02. The zero-order valence-electron chi connectivity index (χ0n) is 11.2. The van der Waals surface area contributed by atoms with Crippen LogP contribution in [0.25, 0.3) is 0 Å². The van der Waals surface area contributed by atoms with Crippen molar-refractivity contribution in [3.05, 3.63) is 24.3 Å². The van der Waals surface area contributed by atoms with Crippen molar-refractivity contribution in [2.45, 2.75) is 26.7 Å². The minimum atomic E-state index is -3.19. The largest absolute Gasteiger partial charge is 0.385 e. The minimum Gasteiger partial charge on any atom is -0.385 e. The summed E-state index contributed by atoms with van der Waals surface area (Å²) in [6.45, 7) is 5.34. The molecule has 0 fully saturated rings. The van der Waals surface area contributed by atoms with Gasteiger partial charge in [-0.2, -0.15) is 0 Å². The second-order valence-corrected chi connectivity index (χ2v) is 6.47. The molecular weight excluding hydrogens is 248 g/mol. The van der Waals surface area contributed by atoms with E-state index in [9.17, 15) is 8.42 Å². The van der Waals surface area contributed by atoms with Crippen molar-refractivity contribution in [1.82, 2.24) is 0 Å². The normalized spacial score (nSPS) is 13.1. The van der Waals surface area contributed by atoms with Gasteiger partial charge in [0.25, 0.3) is 0 Å². The maximum Gasteiger partial charge on any atom is 0.229 e. The first kappa shape index (κ1) is 14.8. The van der Waals surface area contributed by atoms with Gasteiger partial charge in [0.05, 0.1) is 6.26 Å². The van der Waals surface area contributed by atoms with E-state index in [-0.39, 0.29) is 0 Å². The molecule has 5 heteroatoms. The molecule has 0 saturated carbocycles. The Morgan fingerprint density at radius 2 is 1.72 bits per heavy atom. The predicted octanol–water partition coefficient (Wildman–Crippen LogP) is 2.91. The minimum absolute atomic E-state index is 0.588. The smallest absolute Gasteiger partial charge is 0.229 e. The number of hydrogen-bond acceptors (Lipinski definition) is 3. The molecule has 18 heavy (non-hydrogen) atoms. The summed E-state index contributed by atoms with van der Waals surface area (Å²) in [5, 5.41) is 3.34. The summed E-state index contributed by atoms with van der Waals surface area (Å²) in [7, 11) is -3.19. The lowest BCUT2D eigenvalue weighted by Crippen LogP contribution is -2.11. The molecule has 2 N–H and O–H groups in total. The second kappa shape index (κ2) is 6.64. The Hall–Kier alpha value is -1.23. The summed E-state index contributed by atoms with van der Waals surface area (Å²) in [6, 6.07) is 7.28. The summed E-state index contributed by atoms with van der Waals surface area (Å²) in [5.74, 6) is 0.642. The van der Waals surface area contributed by atoms with Gasteiger partial charge in [-0.1, -0.05) is 20.3 Å². The van der Waals surface area contributed by atoms with Crippen LogP contribution in [0.15, 0.2) is 24.3 Å². The van der Waals surface area contributed by atoms with Gasteiger partial charge in [0.2, 0.25) is 10.0 Å². The van der Waals surface area contributed by atoms with Crippen molar-refractivity contribution in [1.29, 1.82) is 0 Å². The summed E-state index contributed by atoms with van der Waals surface area (Å²) >= 11 is 0. The second-order valence-electron chi connectivity index (χ2n) is 4.73.